The van der Waals surface area contributed by atoms with Crippen LogP contribution in [0.1, 0.15) is 0 Å². The molecule has 13 heavy (non-hydrogen) atoms. The van der Waals surface area contributed by atoms with Crippen LogP contribution in [0.15, 0.2) is 29.4 Å². The first-order valence-corrected chi connectivity index (χ1v) is 4.52. The summed E-state index contributed by atoms with van der Waals surface area (Å²) in [6.45, 7) is 0. The molecule has 0 saturated carbocycles. The fourth-order valence-corrected chi connectivity index (χ4v) is 1.44. The average molecular weight is 239 g/mol. The maximum atomic E-state index is 4.25. The largest absolute Gasteiger partial charge is 0.275 e. The lowest BCUT2D eigenvalue weighted by Gasteiger charge is -1.96. The zero-order valence-corrected chi connectivity index (χ0v) is 8.56. The predicted octanol–water partition coefficient (Wildman–Crippen LogP) is 1.64. The molecule has 0 spiro atoms. The molecule has 2 rings (SSSR count). The number of aryl methyl sites for hydroxylation is 1. The first-order chi connectivity index (χ1) is 6.27. The van der Waals surface area contributed by atoms with Crippen molar-refractivity contribution in [2.45, 2.75) is 0 Å². The number of rotatable bonds is 1. The Labute approximate surface area is 83.8 Å². The SMILES string of the molecule is Cn1ccc(-c2cncnc2Br)n1. The normalized spacial score (nSPS) is 10.3. The van der Waals surface area contributed by atoms with E-state index >= 15 is 0 Å². The third-order valence-corrected chi connectivity index (χ3v) is 2.29. The molecule has 2 aromatic heterocycles. The van der Waals surface area contributed by atoms with Crippen molar-refractivity contribution < 1.29 is 0 Å². The lowest BCUT2D eigenvalue weighted by Crippen LogP contribution is -1.90. The van der Waals surface area contributed by atoms with Gasteiger partial charge in [0, 0.05) is 19.4 Å². The van der Waals surface area contributed by atoms with Gasteiger partial charge in [-0.15, -0.1) is 0 Å². The number of nitrogens with zero attached hydrogens (tertiary/aromatic N) is 4. The molecule has 0 aliphatic carbocycles. The summed E-state index contributed by atoms with van der Waals surface area (Å²) >= 11 is 3.34. The van der Waals surface area contributed by atoms with E-state index in [2.05, 4.69) is 31.0 Å². The molecule has 2 heterocycles. The Morgan fingerprint density at radius 2 is 2.31 bits per heavy atom. The summed E-state index contributed by atoms with van der Waals surface area (Å²) < 4.78 is 2.51. The zero-order valence-electron chi connectivity index (χ0n) is 6.98. The van der Waals surface area contributed by atoms with Crippen LogP contribution in [0.3, 0.4) is 0 Å². The molecule has 0 aliphatic heterocycles. The van der Waals surface area contributed by atoms with Crippen molar-refractivity contribution in [2.24, 2.45) is 7.05 Å². The van der Waals surface area contributed by atoms with Crippen LogP contribution in [0.2, 0.25) is 0 Å². The van der Waals surface area contributed by atoms with Gasteiger partial charge in [0.15, 0.2) is 0 Å². The van der Waals surface area contributed by atoms with Gasteiger partial charge >= 0.3 is 0 Å². The maximum Gasteiger partial charge on any atom is 0.118 e. The van der Waals surface area contributed by atoms with E-state index in [1.165, 1.54) is 6.33 Å². The molecule has 0 unspecified atom stereocenters. The Hall–Kier alpha value is -1.23. The Morgan fingerprint density at radius 3 is 2.92 bits per heavy atom. The molecule has 0 atom stereocenters. The van der Waals surface area contributed by atoms with Gasteiger partial charge in [-0.2, -0.15) is 5.10 Å². The van der Waals surface area contributed by atoms with Crippen molar-refractivity contribution in [3.8, 4) is 11.3 Å². The molecule has 0 fully saturated rings. The van der Waals surface area contributed by atoms with E-state index in [0.717, 1.165) is 15.9 Å². The van der Waals surface area contributed by atoms with Crippen LogP contribution in [0, 0.1) is 0 Å². The van der Waals surface area contributed by atoms with Crippen molar-refractivity contribution in [3.05, 3.63) is 29.4 Å². The van der Waals surface area contributed by atoms with E-state index in [0.29, 0.717) is 0 Å². The Morgan fingerprint density at radius 1 is 1.46 bits per heavy atom. The fraction of sp³-hybridized carbons (Fsp3) is 0.125. The number of hydrogen-bond acceptors (Lipinski definition) is 3. The van der Waals surface area contributed by atoms with Crippen LogP contribution in [0.4, 0.5) is 0 Å². The third kappa shape index (κ3) is 1.60. The lowest BCUT2D eigenvalue weighted by atomic mass is 10.2. The molecule has 0 amide bonds. The number of aromatic nitrogens is 4. The summed E-state index contributed by atoms with van der Waals surface area (Å²) in [6.07, 6.45) is 5.12. The quantitative estimate of drug-likeness (QED) is 0.710. The van der Waals surface area contributed by atoms with Gasteiger partial charge < -0.3 is 0 Å². The van der Waals surface area contributed by atoms with Gasteiger partial charge in [0.05, 0.1) is 11.3 Å². The Bertz CT molecular complexity index is 424. The lowest BCUT2D eigenvalue weighted by molar-refractivity contribution is 0.770. The highest BCUT2D eigenvalue weighted by atomic mass is 79.9. The second kappa shape index (κ2) is 3.26. The molecule has 4 nitrogen and oxygen atoms in total. The number of halogens is 1. The molecule has 0 aromatic carbocycles. The summed E-state index contributed by atoms with van der Waals surface area (Å²) in [7, 11) is 1.88. The van der Waals surface area contributed by atoms with Crippen LogP contribution >= 0.6 is 15.9 Å². The predicted molar refractivity (Wildman–Crippen MR) is 51.9 cm³/mol. The van der Waals surface area contributed by atoms with Crippen molar-refractivity contribution >= 4 is 15.9 Å². The van der Waals surface area contributed by atoms with E-state index in [4.69, 9.17) is 0 Å². The molecule has 0 bridgehead atoms. The van der Waals surface area contributed by atoms with Crippen molar-refractivity contribution in [1.82, 2.24) is 19.7 Å². The Balaban J connectivity index is 2.52. The minimum absolute atomic E-state index is 0.765. The van der Waals surface area contributed by atoms with E-state index in [1.54, 1.807) is 10.9 Å². The van der Waals surface area contributed by atoms with Gasteiger partial charge in [0.1, 0.15) is 10.9 Å². The topological polar surface area (TPSA) is 43.6 Å². The summed E-state index contributed by atoms with van der Waals surface area (Å²) in [5, 5.41) is 4.25. The van der Waals surface area contributed by atoms with Gasteiger partial charge in [-0.05, 0) is 22.0 Å². The number of hydrogen-bond donors (Lipinski definition) is 0. The van der Waals surface area contributed by atoms with Crippen LogP contribution in [0.25, 0.3) is 11.3 Å². The van der Waals surface area contributed by atoms with Gasteiger partial charge in [0.25, 0.3) is 0 Å². The molecular formula is C8H7BrN4. The van der Waals surface area contributed by atoms with Crippen molar-refractivity contribution in [1.29, 1.82) is 0 Å². The maximum absolute atomic E-state index is 4.25. The fourth-order valence-electron chi connectivity index (χ4n) is 1.05. The molecule has 0 N–H and O–H groups in total. The van der Waals surface area contributed by atoms with E-state index < -0.39 is 0 Å². The highest BCUT2D eigenvalue weighted by Gasteiger charge is 2.05. The van der Waals surface area contributed by atoms with Gasteiger partial charge in [-0.25, -0.2) is 9.97 Å². The van der Waals surface area contributed by atoms with E-state index in [9.17, 15) is 0 Å². The third-order valence-electron chi connectivity index (χ3n) is 1.65. The van der Waals surface area contributed by atoms with Gasteiger partial charge in [0.2, 0.25) is 0 Å². The monoisotopic (exact) mass is 238 g/mol. The molecule has 0 aliphatic rings. The second-order valence-corrected chi connectivity index (χ2v) is 3.35. The summed E-state index contributed by atoms with van der Waals surface area (Å²) in [5.41, 5.74) is 1.78. The smallest absolute Gasteiger partial charge is 0.118 e. The average Bonchev–Trinajstić information content (AvgIpc) is 2.53. The first kappa shape index (κ1) is 8.37. The molecule has 2 aromatic rings. The summed E-state index contributed by atoms with van der Waals surface area (Å²) in [4.78, 5) is 7.96. The molecule has 66 valence electrons. The summed E-state index contributed by atoms with van der Waals surface area (Å²) in [5.74, 6) is 0. The van der Waals surface area contributed by atoms with E-state index in [1.807, 2.05) is 19.3 Å². The van der Waals surface area contributed by atoms with Crippen molar-refractivity contribution in [2.75, 3.05) is 0 Å². The minimum Gasteiger partial charge on any atom is -0.275 e. The molecular weight excluding hydrogens is 232 g/mol. The first-order valence-electron chi connectivity index (χ1n) is 3.73. The molecule has 0 radical (unpaired) electrons. The second-order valence-electron chi connectivity index (χ2n) is 2.60. The molecule has 5 heteroatoms. The summed E-state index contributed by atoms with van der Waals surface area (Å²) in [6, 6.07) is 1.92. The Kier molecular flexibility index (Phi) is 2.10. The highest BCUT2D eigenvalue weighted by molar-refractivity contribution is 9.10. The highest BCUT2D eigenvalue weighted by Crippen LogP contribution is 2.22. The minimum atomic E-state index is 0.765. The van der Waals surface area contributed by atoms with E-state index in [-0.39, 0.29) is 0 Å². The van der Waals surface area contributed by atoms with Gasteiger partial charge in [-0.3, -0.25) is 4.68 Å². The van der Waals surface area contributed by atoms with Crippen LogP contribution in [0.5, 0.6) is 0 Å². The van der Waals surface area contributed by atoms with Crippen LogP contribution in [-0.4, -0.2) is 19.7 Å². The van der Waals surface area contributed by atoms with Crippen LogP contribution in [-0.2, 0) is 7.05 Å². The standard InChI is InChI=1S/C8H7BrN4/c1-13-3-2-7(12-13)6-4-10-5-11-8(6)9/h2-5H,1H3. The van der Waals surface area contributed by atoms with Crippen LogP contribution < -0.4 is 0 Å². The zero-order chi connectivity index (χ0) is 9.26. The van der Waals surface area contributed by atoms with Gasteiger partial charge in [-0.1, -0.05) is 0 Å². The van der Waals surface area contributed by atoms with Crippen molar-refractivity contribution in [3.63, 3.8) is 0 Å². The molecule has 0 saturated heterocycles.